The van der Waals surface area contributed by atoms with Crippen LogP contribution in [0.4, 0.5) is 0 Å². The molecule has 0 radical (unpaired) electrons. The van der Waals surface area contributed by atoms with E-state index in [1.54, 1.807) is 0 Å². The van der Waals surface area contributed by atoms with Crippen LogP contribution in [-0.4, -0.2) is 20.1 Å². The largest absolute Gasteiger partial charge is 0.317 e. The van der Waals surface area contributed by atoms with Gasteiger partial charge in [-0.2, -0.15) is 0 Å². The molecule has 1 aromatic carbocycles. The van der Waals surface area contributed by atoms with E-state index in [1.807, 2.05) is 0 Å². The fourth-order valence-electron chi connectivity index (χ4n) is 3.28. The maximum atomic E-state index is 3.53. The molecular weight excluding hydrogens is 220 g/mol. The van der Waals surface area contributed by atoms with Gasteiger partial charge in [-0.15, -0.1) is 0 Å². The molecule has 2 N–H and O–H groups in total. The first-order chi connectivity index (χ1) is 8.74. The SMILES string of the molecule is CNC1CCC(C(NC)c2cccc(C)c2)CC1. The average molecular weight is 246 g/mol. The second kappa shape index (κ2) is 6.35. The van der Waals surface area contributed by atoms with Crippen LogP contribution in [0.5, 0.6) is 0 Å². The summed E-state index contributed by atoms with van der Waals surface area (Å²) in [5.74, 6) is 0.779. The van der Waals surface area contributed by atoms with E-state index in [0.29, 0.717) is 6.04 Å². The number of rotatable bonds is 4. The maximum Gasteiger partial charge on any atom is 0.0346 e. The average Bonchev–Trinajstić information content (AvgIpc) is 2.40. The minimum Gasteiger partial charge on any atom is -0.317 e. The molecule has 100 valence electrons. The van der Waals surface area contributed by atoms with E-state index in [1.165, 1.54) is 36.8 Å². The Bertz CT molecular complexity index is 367. The van der Waals surface area contributed by atoms with Crippen molar-refractivity contribution in [1.29, 1.82) is 0 Å². The first kappa shape index (κ1) is 13.6. The van der Waals surface area contributed by atoms with Gasteiger partial charge in [0.1, 0.15) is 0 Å². The summed E-state index contributed by atoms with van der Waals surface area (Å²) in [6.07, 6.45) is 5.27. The van der Waals surface area contributed by atoms with Crippen LogP contribution in [0.15, 0.2) is 24.3 Å². The number of nitrogens with one attached hydrogen (secondary N) is 2. The Hall–Kier alpha value is -0.860. The van der Waals surface area contributed by atoms with Gasteiger partial charge in [0.25, 0.3) is 0 Å². The molecule has 1 unspecified atom stereocenters. The van der Waals surface area contributed by atoms with Crippen LogP contribution in [0.25, 0.3) is 0 Å². The van der Waals surface area contributed by atoms with Gasteiger partial charge < -0.3 is 10.6 Å². The summed E-state index contributed by atoms with van der Waals surface area (Å²) in [4.78, 5) is 0. The summed E-state index contributed by atoms with van der Waals surface area (Å²) in [5.41, 5.74) is 2.81. The van der Waals surface area contributed by atoms with Crippen molar-refractivity contribution in [3.05, 3.63) is 35.4 Å². The van der Waals surface area contributed by atoms with Gasteiger partial charge >= 0.3 is 0 Å². The molecule has 1 saturated carbocycles. The molecule has 2 nitrogen and oxygen atoms in total. The van der Waals surface area contributed by atoms with Crippen LogP contribution in [-0.2, 0) is 0 Å². The van der Waals surface area contributed by atoms with Crippen molar-refractivity contribution in [2.45, 2.75) is 44.7 Å². The zero-order chi connectivity index (χ0) is 13.0. The normalized spacial score (nSPS) is 25.9. The summed E-state index contributed by atoms with van der Waals surface area (Å²) in [6.45, 7) is 2.17. The Kier molecular flexibility index (Phi) is 4.79. The first-order valence-corrected chi connectivity index (χ1v) is 7.15. The third kappa shape index (κ3) is 3.12. The van der Waals surface area contributed by atoms with E-state index in [9.17, 15) is 0 Å². The second-order valence-electron chi connectivity index (χ2n) is 5.58. The Morgan fingerprint density at radius 1 is 1.11 bits per heavy atom. The molecular formula is C16H26N2. The fourth-order valence-corrected chi connectivity index (χ4v) is 3.28. The fraction of sp³-hybridized carbons (Fsp3) is 0.625. The monoisotopic (exact) mass is 246 g/mol. The van der Waals surface area contributed by atoms with E-state index in [-0.39, 0.29) is 0 Å². The van der Waals surface area contributed by atoms with Crippen LogP contribution >= 0.6 is 0 Å². The van der Waals surface area contributed by atoms with Crippen molar-refractivity contribution < 1.29 is 0 Å². The molecule has 2 rings (SSSR count). The lowest BCUT2D eigenvalue weighted by Crippen LogP contribution is -2.34. The Labute approximate surface area is 111 Å². The van der Waals surface area contributed by atoms with Gasteiger partial charge in [-0.05, 0) is 58.2 Å². The van der Waals surface area contributed by atoms with Crippen LogP contribution in [0.3, 0.4) is 0 Å². The van der Waals surface area contributed by atoms with Gasteiger partial charge in [0.2, 0.25) is 0 Å². The van der Waals surface area contributed by atoms with Crippen molar-refractivity contribution in [2.75, 3.05) is 14.1 Å². The summed E-state index contributed by atoms with van der Waals surface area (Å²) in [6, 6.07) is 10.2. The van der Waals surface area contributed by atoms with Crippen molar-refractivity contribution in [3.63, 3.8) is 0 Å². The summed E-state index contributed by atoms with van der Waals surface area (Å²) < 4.78 is 0. The molecule has 0 heterocycles. The van der Waals surface area contributed by atoms with Gasteiger partial charge in [-0.1, -0.05) is 29.8 Å². The van der Waals surface area contributed by atoms with Crippen molar-refractivity contribution >= 4 is 0 Å². The standard InChI is InChI=1S/C16H26N2/c1-12-5-4-6-14(11-12)16(18-3)13-7-9-15(17-2)10-8-13/h4-6,11,13,15-18H,7-10H2,1-3H3. The highest BCUT2D eigenvalue weighted by molar-refractivity contribution is 5.25. The molecule has 0 saturated heterocycles. The van der Waals surface area contributed by atoms with E-state index in [4.69, 9.17) is 0 Å². The van der Waals surface area contributed by atoms with E-state index >= 15 is 0 Å². The molecule has 0 aliphatic heterocycles. The number of benzene rings is 1. The minimum atomic E-state index is 0.516. The third-order valence-electron chi connectivity index (χ3n) is 4.36. The van der Waals surface area contributed by atoms with Crippen molar-refractivity contribution in [2.24, 2.45) is 5.92 Å². The highest BCUT2D eigenvalue weighted by atomic mass is 14.9. The van der Waals surface area contributed by atoms with Crippen LogP contribution in [0, 0.1) is 12.8 Å². The molecule has 0 amide bonds. The molecule has 0 bridgehead atoms. The van der Waals surface area contributed by atoms with Crippen LogP contribution < -0.4 is 10.6 Å². The minimum absolute atomic E-state index is 0.516. The molecule has 1 aliphatic carbocycles. The number of aryl methyl sites for hydroxylation is 1. The summed E-state index contributed by atoms with van der Waals surface area (Å²) in [7, 11) is 4.18. The predicted molar refractivity (Wildman–Crippen MR) is 77.8 cm³/mol. The van der Waals surface area contributed by atoms with Gasteiger partial charge in [0.05, 0.1) is 0 Å². The van der Waals surface area contributed by atoms with Crippen molar-refractivity contribution in [3.8, 4) is 0 Å². The van der Waals surface area contributed by atoms with Gasteiger partial charge in [-0.3, -0.25) is 0 Å². The summed E-state index contributed by atoms with van der Waals surface area (Å²) in [5, 5.41) is 6.94. The van der Waals surface area contributed by atoms with Crippen LogP contribution in [0.2, 0.25) is 0 Å². The molecule has 0 aromatic heterocycles. The number of hydrogen-bond acceptors (Lipinski definition) is 2. The zero-order valence-electron chi connectivity index (χ0n) is 11.9. The third-order valence-corrected chi connectivity index (χ3v) is 4.36. The quantitative estimate of drug-likeness (QED) is 0.853. The number of hydrogen-bond donors (Lipinski definition) is 2. The van der Waals surface area contributed by atoms with E-state index < -0.39 is 0 Å². The van der Waals surface area contributed by atoms with Crippen LogP contribution in [0.1, 0.15) is 42.9 Å². The van der Waals surface area contributed by atoms with E-state index in [2.05, 4.69) is 55.9 Å². The topological polar surface area (TPSA) is 24.1 Å². The lowest BCUT2D eigenvalue weighted by molar-refractivity contribution is 0.248. The Morgan fingerprint density at radius 3 is 2.39 bits per heavy atom. The first-order valence-electron chi connectivity index (χ1n) is 7.15. The maximum absolute atomic E-state index is 3.53. The van der Waals surface area contributed by atoms with Gasteiger partial charge in [-0.25, -0.2) is 0 Å². The van der Waals surface area contributed by atoms with Gasteiger partial charge in [0.15, 0.2) is 0 Å². The highest BCUT2D eigenvalue weighted by Crippen LogP contribution is 2.34. The molecule has 1 aliphatic rings. The zero-order valence-corrected chi connectivity index (χ0v) is 11.9. The summed E-state index contributed by atoms with van der Waals surface area (Å²) >= 11 is 0. The second-order valence-corrected chi connectivity index (χ2v) is 5.58. The molecule has 1 atom stereocenters. The van der Waals surface area contributed by atoms with E-state index in [0.717, 1.165) is 12.0 Å². The van der Waals surface area contributed by atoms with Crippen molar-refractivity contribution in [1.82, 2.24) is 10.6 Å². The molecule has 2 heteroatoms. The Balaban J connectivity index is 2.05. The smallest absolute Gasteiger partial charge is 0.0346 e. The predicted octanol–water partition coefficient (Wildman–Crippen LogP) is 3.03. The molecule has 1 fully saturated rings. The lowest BCUT2D eigenvalue weighted by Gasteiger charge is -2.34. The van der Waals surface area contributed by atoms with Gasteiger partial charge in [0, 0.05) is 12.1 Å². The molecule has 18 heavy (non-hydrogen) atoms. The Morgan fingerprint density at radius 2 is 1.83 bits per heavy atom. The molecule has 0 spiro atoms. The lowest BCUT2D eigenvalue weighted by atomic mass is 9.79. The molecule has 1 aromatic rings. The highest BCUT2D eigenvalue weighted by Gasteiger charge is 2.27.